The second-order valence-corrected chi connectivity index (χ2v) is 1.81. The Labute approximate surface area is 52.9 Å². The fraction of sp³-hybridized carbons (Fsp3) is 0.800. The van der Waals surface area contributed by atoms with Crippen LogP contribution in [0.2, 0.25) is 0 Å². The van der Waals surface area contributed by atoms with Gasteiger partial charge in [0.2, 0.25) is 0 Å². The summed E-state index contributed by atoms with van der Waals surface area (Å²) in [5.74, 6) is -0.281. The summed E-state index contributed by atoms with van der Waals surface area (Å²) in [5, 5.41) is 7.31. The SMILES string of the molecule is COC(=O)[C@@H]1CCN=N1. The summed E-state index contributed by atoms with van der Waals surface area (Å²) in [6.45, 7) is 0.653. The quantitative estimate of drug-likeness (QED) is 0.479. The van der Waals surface area contributed by atoms with E-state index in [0.29, 0.717) is 13.0 Å². The lowest BCUT2D eigenvalue weighted by Crippen LogP contribution is -2.17. The molecule has 0 bridgehead atoms. The van der Waals surface area contributed by atoms with Crippen LogP contribution in [0.5, 0.6) is 0 Å². The van der Waals surface area contributed by atoms with E-state index in [1.54, 1.807) is 0 Å². The minimum Gasteiger partial charge on any atom is -0.467 e. The highest BCUT2D eigenvalue weighted by Crippen LogP contribution is 2.08. The highest BCUT2D eigenvalue weighted by atomic mass is 16.5. The van der Waals surface area contributed by atoms with Crippen molar-refractivity contribution in [1.82, 2.24) is 0 Å². The molecule has 4 heteroatoms. The molecule has 1 heterocycles. The van der Waals surface area contributed by atoms with E-state index in [1.165, 1.54) is 7.11 Å². The lowest BCUT2D eigenvalue weighted by molar-refractivity contribution is -0.141. The lowest BCUT2D eigenvalue weighted by atomic mass is 10.2. The van der Waals surface area contributed by atoms with Crippen LogP contribution >= 0.6 is 0 Å². The van der Waals surface area contributed by atoms with Gasteiger partial charge in [0, 0.05) is 6.42 Å². The number of carbonyl (C=O) groups excluding carboxylic acids is 1. The molecule has 0 fully saturated rings. The Hall–Kier alpha value is -0.930. The first-order valence-corrected chi connectivity index (χ1v) is 2.79. The number of esters is 1. The fourth-order valence-electron chi connectivity index (χ4n) is 0.695. The van der Waals surface area contributed by atoms with E-state index in [4.69, 9.17) is 0 Å². The molecule has 0 saturated carbocycles. The summed E-state index contributed by atoms with van der Waals surface area (Å²) < 4.78 is 4.44. The predicted octanol–water partition coefficient (Wildman–Crippen LogP) is 0.384. The van der Waals surface area contributed by atoms with Crippen LogP contribution in [0.3, 0.4) is 0 Å². The van der Waals surface area contributed by atoms with E-state index >= 15 is 0 Å². The van der Waals surface area contributed by atoms with E-state index in [9.17, 15) is 4.79 Å². The summed E-state index contributed by atoms with van der Waals surface area (Å²) in [5.41, 5.74) is 0. The normalized spacial score (nSPS) is 24.3. The highest BCUT2D eigenvalue weighted by Gasteiger charge is 2.20. The third-order valence-electron chi connectivity index (χ3n) is 1.20. The van der Waals surface area contributed by atoms with Crippen molar-refractivity contribution in [3.8, 4) is 0 Å². The molecule has 0 unspecified atom stereocenters. The molecule has 50 valence electrons. The van der Waals surface area contributed by atoms with Gasteiger partial charge in [0.25, 0.3) is 0 Å². The van der Waals surface area contributed by atoms with Gasteiger partial charge in [-0.25, -0.2) is 4.79 Å². The van der Waals surface area contributed by atoms with Crippen molar-refractivity contribution >= 4 is 5.97 Å². The number of hydrogen-bond donors (Lipinski definition) is 0. The molecule has 0 spiro atoms. The number of methoxy groups -OCH3 is 1. The smallest absolute Gasteiger partial charge is 0.332 e. The molecule has 0 N–H and O–H groups in total. The molecule has 1 aliphatic heterocycles. The van der Waals surface area contributed by atoms with E-state index in [2.05, 4.69) is 15.0 Å². The first-order chi connectivity index (χ1) is 4.34. The summed E-state index contributed by atoms with van der Waals surface area (Å²) in [6.07, 6.45) is 0.701. The molecule has 0 aliphatic carbocycles. The second kappa shape index (κ2) is 2.57. The standard InChI is InChI=1S/C5H8N2O2/c1-9-5(8)4-2-3-6-7-4/h4H,2-3H2,1H3/t4-/m0/s1. The highest BCUT2D eigenvalue weighted by molar-refractivity contribution is 5.75. The molecule has 9 heavy (non-hydrogen) atoms. The number of nitrogens with zero attached hydrogens (tertiary/aromatic N) is 2. The molecule has 1 rings (SSSR count). The van der Waals surface area contributed by atoms with Gasteiger partial charge in [0.05, 0.1) is 13.7 Å². The van der Waals surface area contributed by atoms with Crippen LogP contribution in [0.4, 0.5) is 0 Å². The van der Waals surface area contributed by atoms with Crippen molar-refractivity contribution in [2.45, 2.75) is 12.5 Å². The fourth-order valence-corrected chi connectivity index (χ4v) is 0.695. The van der Waals surface area contributed by atoms with Crippen molar-refractivity contribution < 1.29 is 9.53 Å². The molecular weight excluding hydrogens is 120 g/mol. The van der Waals surface area contributed by atoms with E-state index in [1.807, 2.05) is 0 Å². The zero-order chi connectivity index (χ0) is 6.69. The zero-order valence-corrected chi connectivity index (χ0v) is 5.20. The van der Waals surface area contributed by atoms with Crippen LogP contribution in [0, 0.1) is 0 Å². The largest absolute Gasteiger partial charge is 0.467 e. The number of azo groups is 1. The van der Waals surface area contributed by atoms with Crippen molar-refractivity contribution in [1.29, 1.82) is 0 Å². The number of ether oxygens (including phenoxy) is 1. The Kier molecular flexibility index (Phi) is 1.77. The lowest BCUT2D eigenvalue weighted by Gasteiger charge is -1.99. The second-order valence-electron chi connectivity index (χ2n) is 1.81. The maximum absolute atomic E-state index is 10.6. The molecular formula is C5H8N2O2. The van der Waals surface area contributed by atoms with Crippen molar-refractivity contribution in [2.75, 3.05) is 13.7 Å². The monoisotopic (exact) mass is 128 g/mol. The maximum Gasteiger partial charge on any atom is 0.332 e. The average molecular weight is 128 g/mol. The van der Waals surface area contributed by atoms with Crippen molar-refractivity contribution in [3.05, 3.63) is 0 Å². The van der Waals surface area contributed by atoms with Crippen LogP contribution < -0.4 is 0 Å². The van der Waals surface area contributed by atoms with Gasteiger partial charge < -0.3 is 4.74 Å². The van der Waals surface area contributed by atoms with E-state index < -0.39 is 0 Å². The Morgan fingerprint density at radius 1 is 1.78 bits per heavy atom. The van der Waals surface area contributed by atoms with Gasteiger partial charge >= 0.3 is 5.97 Å². The summed E-state index contributed by atoms with van der Waals surface area (Å²) >= 11 is 0. The summed E-state index contributed by atoms with van der Waals surface area (Å²) in [4.78, 5) is 10.6. The van der Waals surface area contributed by atoms with Gasteiger partial charge in [-0.05, 0) is 0 Å². The molecule has 1 aliphatic rings. The maximum atomic E-state index is 10.6. The Bertz CT molecular complexity index is 144. The third-order valence-corrected chi connectivity index (χ3v) is 1.20. The Morgan fingerprint density at radius 3 is 3.00 bits per heavy atom. The number of rotatable bonds is 1. The van der Waals surface area contributed by atoms with Gasteiger partial charge in [-0.2, -0.15) is 10.2 Å². The van der Waals surface area contributed by atoms with Gasteiger partial charge in [-0.3, -0.25) is 0 Å². The average Bonchev–Trinajstić information content (AvgIpc) is 2.37. The minimum atomic E-state index is -0.324. The molecule has 0 aromatic rings. The van der Waals surface area contributed by atoms with Crippen molar-refractivity contribution in [3.63, 3.8) is 0 Å². The Balaban J connectivity index is 2.43. The first-order valence-electron chi connectivity index (χ1n) is 2.79. The minimum absolute atomic E-state index is 0.281. The van der Waals surface area contributed by atoms with E-state index in [0.717, 1.165) is 0 Å². The first kappa shape index (κ1) is 6.19. The molecule has 0 aromatic heterocycles. The van der Waals surface area contributed by atoms with Gasteiger partial charge in [0.15, 0.2) is 6.04 Å². The third kappa shape index (κ3) is 1.25. The number of hydrogen-bond acceptors (Lipinski definition) is 4. The van der Waals surface area contributed by atoms with Crippen LogP contribution in [-0.2, 0) is 9.53 Å². The van der Waals surface area contributed by atoms with Gasteiger partial charge in [0.1, 0.15) is 0 Å². The molecule has 0 aromatic carbocycles. The zero-order valence-electron chi connectivity index (χ0n) is 5.20. The molecule has 0 radical (unpaired) electrons. The van der Waals surface area contributed by atoms with Crippen LogP contribution in [0.25, 0.3) is 0 Å². The van der Waals surface area contributed by atoms with Crippen LogP contribution in [0.15, 0.2) is 10.2 Å². The van der Waals surface area contributed by atoms with Crippen LogP contribution in [0.1, 0.15) is 6.42 Å². The topological polar surface area (TPSA) is 51.0 Å². The Morgan fingerprint density at radius 2 is 2.56 bits per heavy atom. The molecule has 4 nitrogen and oxygen atoms in total. The predicted molar refractivity (Wildman–Crippen MR) is 30.1 cm³/mol. The summed E-state index contributed by atoms with van der Waals surface area (Å²) in [6, 6.07) is -0.324. The van der Waals surface area contributed by atoms with Gasteiger partial charge in [-0.1, -0.05) is 0 Å². The summed E-state index contributed by atoms with van der Waals surface area (Å²) in [7, 11) is 1.36. The number of carbonyl (C=O) groups is 1. The van der Waals surface area contributed by atoms with Crippen LogP contribution in [-0.4, -0.2) is 25.7 Å². The molecule has 1 atom stereocenters. The molecule has 0 saturated heterocycles. The van der Waals surface area contributed by atoms with Crippen molar-refractivity contribution in [2.24, 2.45) is 10.2 Å². The van der Waals surface area contributed by atoms with E-state index in [-0.39, 0.29) is 12.0 Å². The molecule has 0 amide bonds. The van der Waals surface area contributed by atoms with Gasteiger partial charge in [-0.15, -0.1) is 0 Å².